The van der Waals surface area contributed by atoms with Crippen molar-refractivity contribution < 1.29 is 13.9 Å². The van der Waals surface area contributed by atoms with Gasteiger partial charge in [0.1, 0.15) is 12.4 Å². The Morgan fingerprint density at radius 2 is 2.26 bits per heavy atom. The molecule has 0 radical (unpaired) electrons. The van der Waals surface area contributed by atoms with E-state index in [-0.39, 0.29) is 18.2 Å². The van der Waals surface area contributed by atoms with E-state index in [9.17, 15) is 9.18 Å². The molecule has 1 saturated carbocycles. The third kappa shape index (κ3) is 4.21. The molecular formula is C14H19FN2O2. The molecule has 3 N–H and O–H groups in total. The number of halogens is 1. The predicted octanol–water partition coefficient (Wildman–Crippen LogP) is 2.55. The van der Waals surface area contributed by atoms with Crippen LogP contribution in [0.25, 0.3) is 0 Å². The van der Waals surface area contributed by atoms with Crippen molar-refractivity contribution in [3.63, 3.8) is 0 Å². The minimum absolute atomic E-state index is 0.0251. The Hall–Kier alpha value is -1.62. The van der Waals surface area contributed by atoms with Gasteiger partial charge in [0.2, 0.25) is 5.91 Å². The Morgan fingerprint density at radius 1 is 1.47 bits per heavy atom. The molecule has 5 heteroatoms. The molecule has 1 aromatic rings. The first-order valence-electron chi connectivity index (χ1n) is 6.58. The van der Waals surface area contributed by atoms with Crippen LogP contribution in [0.15, 0.2) is 18.2 Å². The lowest BCUT2D eigenvalue weighted by Crippen LogP contribution is -2.21. The van der Waals surface area contributed by atoms with Gasteiger partial charge in [0.05, 0.1) is 11.4 Å². The van der Waals surface area contributed by atoms with Gasteiger partial charge in [0.25, 0.3) is 0 Å². The highest BCUT2D eigenvalue weighted by Gasteiger charge is 2.16. The predicted molar refractivity (Wildman–Crippen MR) is 72.2 cm³/mol. The first-order valence-corrected chi connectivity index (χ1v) is 6.58. The Morgan fingerprint density at radius 3 is 2.95 bits per heavy atom. The molecule has 0 unspecified atom stereocenters. The minimum Gasteiger partial charge on any atom is -0.397 e. The van der Waals surface area contributed by atoms with Crippen molar-refractivity contribution in [3.05, 3.63) is 24.0 Å². The number of ether oxygens (including phenoxy) is 1. The molecule has 0 atom stereocenters. The van der Waals surface area contributed by atoms with Gasteiger partial charge < -0.3 is 15.8 Å². The number of hydrogen-bond acceptors (Lipinski definition) is 3. The summed E-state index contributed by atoms with van der Waals surface area (Å²) in [7, 11) is 0. The second-order valence-electron chi connectivity index (χ2n) is 4.92. The van der Waals surface area contributed by atoms with Crippen LogP contribution in [-0.2, 0) is 9.53 Å². The molecule has 0 heterocycles. The second kappa shape index (κ2) is 6.52. The van der Waals surface area contributed by atoms with Crippen LogP contribution < -0.4 is 11.1 Å². The van der Waals surface area contributed by atoms with Crippen LogP contribution in [0, 0.1) is 11.7 Å². The first kappa shape index (κ1) is 13.8. The Labute approximate surface area is 112 Å². The van der Waals surface area contributed by atoms with Crippen molar-refractivity contribution in [3.8, 4) is 0 Å². The summed E-state index contributed by atoms with van der Waals surface area (Å²) in [5, 5.41) is 2.54. The molecule has 0 aliphatic heterocycles. The number of nitrogens with two attached hydrogens (primary N) is 1. The molecule has 2 rings (SSSR count). The lowest BCUT2D eigenvalue weighted by Gasteiger charge is -2.24. The smallest absolute Gasteiger partial charge is 0.250 e. The average molecular weight is 266 g/mol. The van der Waals surface area contributed by atoms with Crippen molar-refractivity contribution in [2.75, 3.05) is 24.3 Å². The van der Waals surface area contributed by atoms with E-state index in [1.165, 1.54) is 37.5 Å². The van der Waals surface area contributed by atoms with Gasteiger partial charge >= 0.3 is 0 Å². The van der Waals surface area contributed by atoms with Gasteiger partial charge in [-0.15, -0.1) is 0 Å². The van der Waals surface area contributed by atoms with Crippen molar-refractivity contribution in [1.29, 1.82) is 0 Å². The van der Waals surface area contributed by atoms with Crippen molar-refractivity contribution in [1.82, 2.24) is 0 Å². The molecule has 19 heavy (non-hydrogen) atoms. The Kier molecular flexibility index (Phi) is 4.74. The van der Waals surface area contributed by atoms with Crippen LogP contribution in [0.1, 0.15) is 25.7 Å². The zero-order valence-corrected chi connectivity index (χ0v) is 10.8. The van der Waals surface area contributed by atoms with Crippen molar-refractivity contribution >= 4 is 17.3 Å². The molecular weight excluding hydrogens is 247 g/mol. The van der Waals surface area contributed by atoms with E-state index in [0.29, 0.717) is 12.3 Å². The van der Waals surface area contributed by atoms with E-state index >= 15 is 0 Å². The number of carbonyl (C=O) groups excluding carboxylic acids is 1. The summed E-state index contributed by atoms with van der Waals surface area (Å²) in [5.74, 6) is 0.0169. The lowest BCUT2D eigenvalue weighted by molar-refractivity contribution is -0.120. The third-order valence-electron chi connectivity index (χ3n) is 3.42. The highest BCUT2D eigenvalue weighted by molar-refractivity contribution is 5.94. The molecule has 0 bridgehead atoms. The summed E-state index contributed by atoms with van der Waals surface area (Å²) >= 11 is 0. The molecule has 1 fully saturated rings. The summed E-state index contributed by atoms with van der Waals surface area (Å²) in [6.07, 6.45) is 4.87. The summed E-state index contributed by atoms with van der Waals surface area (Å²) in [4.78, 5) is 11.6. The van der Waals surface area contributed by atoms with Gasteiger partial charge in [-0.1, -0.05) is 19.3 Å². The fourth-order valence-corrected chi connectivity index (χ4v) is 2.02. The normalized spacial score (nSPS) is 15.0. The molecule has 1 aliphatic carbocycles. The lowest BCUT2D eigenvalue weighted by atomic mass is 9.83. The molecule has 0 saturated heterocycles. The van der Waals surface area contributed by atoms with E-state index in [4.69, 9.17) is 10.5 Å². The largest absolute Gasteiger partial charge is 0.397 e. The zero-order valence-electron chi connectivity index (χ0n) is 10.8. The van der Waals surface area contributed by atoms with Crippen molar-refractivity contribution in [2.45, 2.75) is 25.7 Å². The molecule has 1 amide bonds. The topological polar surface area (TPSA) is 64.3 Å². The molecule has 4 nitrogen and oxygen atoms in total. The number of nitrogens with one attached hydrogen (secondary N) is 1. The number of amides is 1. The number of benzene rings is 1. The van der Waals surface area contributed by atoms with Crippen LogP contribution in [0.5, 0.6) is 0 Å². The summed E-state index contributed by atoms with van der Waals surface area (Å²) in [5.41, 5.74) is 6.26. The Bertz CT molecular complexity index is 447. The van der Waals surface area contributed by atoms with Crippen LogP contribution >= 0.6 is 0 Å². The summed E-state index contributed by atoms with van der Waals surface area (Å²) in [6, 6.07) is 3.87. The maximum absolute atomic E-state index is 13.0. The maximum Gasteiger partial charge on any atom is 0.250 e. The SMILES string of the molecule is Nc1ccc(F)cc1NC(=O)COCCC1CCC1. The highest BCUT2D eigenvalue weighted by Crippen LogP contribution is 2.29. The van der Waals surface area contributed by atoms with E-state index in [1.54, 1.807) is 0 Å². The van der Waals surface area contributed by atoms with Crippen molar-refractivity contribution in [2.24, 2.45) is 5.92 Å². The average Bonchev–Trinajstić information content (AvgIpc) is 2.31. The Balaban J connectivity index is 1.69. The summed E-state index contributed by atoms with van der Waals surface area (Å²) < 4.78 is 18.3. The van der Waals surface area contributed by atoms with E-state index in [0.717, 1.165) is 12.3 Å². The number of rotatable bonds is 6. The maximum atomic E-state index is 13.0. The van der Waals surface area contributed by atoms with Crippen LogP contribution in [0.4, 0.5) is 15.8 Å². The summed E-state index contributed by atoms with van der Waals surface area (Å²) in [6.45, 7) is 0.569. The molecule has 1 aromatic carbocycles. The number of hydrogen-bond donors (Lipinski definition) is 2. The van der Waals surface area contributed by atoms with Gasteiger partial charge in [-0.3, -0.25) is 4.79 Å². The monoisotopic (exact) mass is 266 g/mol. The molecule has 104 valence electrons. The first-order chi connectivity index (χ1) is 9.15. The second-order valence-corrected chi connectivity index (χ2v) is 4.92. The van der Waals surface area contributed by atoms with Gasteiger partial charge in [-0.05, 0) is 30.5 Å². The minimum atomic E-state index is -0.435. The molecule has 0 aromatic heterocycles. The fraction of sp³-hybridized carbons (Fsp3) is 0.500. The van der Waals surface area contributed by atoms with Crippen LogP contribution in [-0.4, -0.2) is 19.1 Å². The third-order valence-corrected chi connectivity index (χ3v) is 3.42. The van der Waals surface area contributed by atoms with Gasteiger partial charge in [-0.25, -0.2) is 4.39 Å². The number of nitrogen functional groups attached to an aromatic ring is 1. The van der Waals surface area contributed by atoms with Gasteiger partial charge in [0.15, 0.2) is 0 Å². The van der Waals surface area contributed by atoms with E-state index < -0.39 is 5.82 Å². The molecule has 0 spiro atoms. The zero-order chi connectivity index (χ0) is 13.7. The van der Waals surface area contributed by atoms with Gasteiger partial charge in [-0.2, -0.15) is 0 Å². The number of anilines is 2. The highest BCUT2D eigenvalue weighted by atomic mass is 19.1. The standard InChI is InChI=1S/C14H19FN2O2/c15-11-4-5-12(16)13(8-11)17-14(18)9-19-7-6-10-2-1-3-10/h4-5,8,10H,1-3,6-7,9,16H2,(H,17,18). The van der Waals surface area contributed by atoms with E-state index in [1.807, 2.05) is 0 Å². The van der Waals surface area contributed by atoms with Gasteiger partial charge in [0, 0.05) is 6.61 Å². The molecule has 1 aliphatic rings. The van der Waals surface area contributed by atoms with Crippen LogP contribution in [0.2, 0.25) is 0 Å². The fourth-order valence-electron chi connectivity index (χ4n) is 2.02. The van der Waals surface area contributed by atoms with Crippen LogP contribution in [0.3, 0.4) is 0 Å². The quantitative estimate of drug-likeness (QED) is 0.614. The van der Waals surface area contributed by atoms with E-state index in [2.05, 4.69) is 5.32 Å². The number of carbonyl (C=O) groups is 1.